The van der Waals surface area contributed by atoms with E-state index < -0.39 is 46.9 Å². The highest BCUT2D eigenvalue weighted by Gasteiger charge is 2.34. The third-order valence-electron chi connectivity index (χ3n) is 5.70. The highest BCUT2D eigenvalue weighted by molar-refractivity contribution is 6.30. The molecule has 1 unspecified atom stereocenters. The van der Waals surface area contributed by atoms with E-state index in [2.05, 4.69) is 10.6 Å². The smallest absolute Gasteiger partial charge is 0.234 e. The van der Waals surface area contributed by atoms with E-state index in [1.807, 2.05) is 0 Å². The number of anilines is 1. The number of carbonyl (C=O) groups is 3. The summed E-state index contributed by atoms with van der Waals surface area (Å²) in [6.07, 6.45) is -0.319. The van der Waals surface area contributed by atoms with E-state index in [1.165, 1.54) is 0 Å². The van der Waals surface area contributed by atoms with Gasteiger partial charge in [0.25, 0.3) is 0 Å². The van der Waals surface area contributed by atoms with Crippen molar-refractivity contribution < 1.29 is 31.9 Å². The molecule has 2 fully saturated rings. The van der Waals surface area contributed by atoms with Gasteiger partial charge in [0, 0.05) is 36.8 Å². The van der Waals surface area contributed by atoms with Gasteiger partial charge in [-0.2, -0.15) is 0 Å². The van der Waals surface area contributed by atoms with Crippen LogP contribution in [-0.2, 0) is 20.8 Å². The lowest BCUT2D eigenvalue weighted by Gasteiger charge is -2.41. The first kappa shape index (κ1) is 23.0. The summed E-state index contributed by atoms with van der Waals surface area (Å²) in [5.74, 6) is -6.39. The van der Waals surface area contributed by atoms with E-state index in [-0.39, 0.29) is 60.2 Å². The molecule has 2 aliphatic rings. The van der Waals surface area contributed by atoms with Crippen LogP contribution in [0.2, 0.25) is 5.02 Å². The summed E-state index contributed by atoms with van der Waals surface area (Å²) in [6, 6.07) is 3.54. The number of nitrogens with zero attached hydrogens (tertiary/aromatic N) is 1. The molecule has 6 nitrogen and oxygen atoms in total. The zero-order chi connectivity index (χ0) is 23.9. The maximum Gasteiger partial charge on any atom is 0.234 e. The molecule has 0 aliphatic carbocycles. The topological polar surface area (TPSA) is 78.5 Å². The van der Waals surface area contributed by atoms with E-state index >= 15 is 0 Å². The fourth-order valence-corrected chi connectivity index (χ4v) is 4.17. The second-order valence-electron chi connectivity index (χ2n) is 8.03. The van der Waals surface area contributed by atoms with E-state index in [0.717, 1.165) is 18.2 Å². The number of benzene rings is 2. The maximum atomic E-state index is 14.7. The number of carbonyl (C=O) groups excluding carboxylic acids is 3. The van der Waals surface area contributed by atoms with Gasteiger partial charge in [0.1, 0.15) is 23.3 Å². The second kappa shape index (κ2) is 9.01. The highest BCUT2D eigenvalue weighted by atomic mass is 35.5. The Bertz CT molecular complexity index is 1130. The van der Waals surface area contributed by atoms with Crippen molar-refractivity contribution >= 4 is 35.0 Å². The molecule has 2 N–H and O–H groups in total. The van der Waals surface area contributed by atoms with Crippen LogP contribution in [0.4, 0.5) is 23.2 Å². The minimum absolute atomic E-state index is 0.00142. The van der Waals surface area contributed by atoms with Crippen LogP contribution in [-0.4, -0.2) is 36.9 Å². The van der Waals surface area contributed by atoms with Crippen LogP contribution in [0.25, 0.3) is 0 Å². The lowest BCUT2D eigenvalue weighted by molar-refractivity contribution is -0.134. The van der Waals surface area contributed by atoms with Crippen LogP contribution in [0, 0.1) is 23.3 Å². The molecular weight excluding hydrogens is 466 g/mol. The minimum atomic E-state index is -1.08. The molecule has 4 rings (SSSR count). The van der Waals surface area contributed by atoms with Gasteiger partial charge < -0.3 is 10.2 Å². The second-order valence-corrected chi connectivity index (χ2v) is 8.44. The number of imide groups is 1. The summed E-state index contributed by atoms with van der Waals surface area (Å²) in [6.45, 7) is 0.518. The SMILES string of the molecule is O=C1CCC(c2c(F)cc(N3CC(NC(=O)Cc4cc(Cl)c(F)cc4F)C3)cc2F)C(=O)N1. The number of amides is 3. The Balaban J connectivity index is 1.36. The zero-order valence-electron chi connectivity index (χ0n) is 17.1. The van der Waals surface area contributed by atoms with Crippen molar-refractivity contribution in [3.8, 4) is 0 Å². The van der Waals surface area contributed by atoms with Gasteiger partial charge in [-0.25, -0.2) is 17.6 Å². The zero-order valence-corrected chi connectivity index (χ0v) is 17.8. The number of nitrogens with one attached hydrogen (secondary N) is 2. The number of hydrogen-bond donors (Lipinski definition) is 2. The van der Waals surface area contributed by atoms with Crippen LogP contribution in [0.3, 0.4) is 0 Å². The molecule has 11 heteroatoms. The van der Waals surface area contributed by atoms with Gasteiger partial charge in [0.05, 0.1) is 23.4 Å². The Morgan fingerprint density at radius 2 is 1.70 bits per heavy atom. The van der Waals surface area contributed by atoms with Crippen LogP contribution in [0.5, 0.6) is 0 Å². The molecule has 1 atom stereocenters. The normalized spacial score (nSPS) is 18.7. The summed E-state index contributed by atoms with van der Waals surface area (Å²) in [7, 11) is 0. The van der Waals surface area contributed by atoms with Crippen molar-refractivity contribution in [3.63, 3.8) is 0 Å². The molecule has 2 aliphatic heterocycles. The van der Waals surface area contributed by atoms with E-state index in [9.17, 15) is 31.9 Å². The molecule has 0 radical (unpaired) electrons. The summed E-state index contributed by atoms with van der Waals surface area (Å²) >= 11 is 5.62. The van der Waals surface area contributed by atoms with E-state index in [0.29, 0.717) is 6.07 Å². The minimum Gasteiger partial charge on any atom is -0.367 e. The van der Waals surface area contributed by atoms with Gasteiger partial charge in [-0.1, -0.05) is 11.6 Å². The van der Waals surface area contributed by atoms with Gasteiger partial charge in [-0.05, 0) is 30.2 Å². The third-order valence-corrected chi connectivity index (χ3v) is 5.99. The van der Waals surface area contributed by atoms with Gasteiger partial charge >= 0.3 is 0 Å². The average Bonchev–Trinajstić information content (AvgIpc) is 2.69. The Hall–Kier alpha value is -3.14. The van der Waals surface area contributed by atoms with Crippen molar-refractivity contribution in [3.05, 3.63) is 63.7 Å². The third kappa shape index (κ3) is 4.80. The maximum absolute atomic E-state index is 14.7. The summed E-state index contributed by atoms with van der Waals surface area (Å²) in [5, 5.41) is 4.46. The number of halogens is 5. The average molecular weight is 484 g/mol. The molecular formula is C22H18ClF4N3O3. The summed E-state index contributed by atoms with van der Waals surface area (Å²) < 4.78 is 56.3. The quantitative estimate of drug-likeness (QED) is 0.389. The van der Waals surface area contributed by atoms with Crippen molar-refractivity contribution in [2.24, 2.45) is 0 Å². The van der Waals surface area contributed by atoms with E-state index in [1.54, 1.807) is 4.90 Å². The first-order chi connectivity index (χ1) is 15.6. The summed E-state index contributed by atoms with van der Waals surface area (Å²) in [5.41, 5.74) is -0.194. The monoisotopic (exact) mass is 483 g/mol. The molecule has 2 aromatic rings. The molecule has 2 saturated heterocycles. The van der Waals surface area contributed by atoms with Crippen molar-refractivity contribution in [2.75, 3.05) is 18.0 Å². The number of piperidine rings is 1. The van der Waals surface area contributed by atoms with Crippen LogP contribution in [0.15, 0.2) is 24.3 Å². The fraction of sp³-hybridized carbons (Fsp3) is 0.318. The van der Waals surface area contributed by atoms with Gasteiger partial charge in [0.15, 0.2) is 0 Å². The van der Waals surface area contributed by atoms with Crippen molar-refractivity contribution in [1.82, 2.24) is 10.6 Å². The van der Waals surface area contributed by atoms with Gasteiger partial charge in [-0.3, -0.25) is 19.7 Å². The van der Waals surface area contributed by atoms with Gasteiger partial charge in [0.2, 0.25) is 17.7 Å². The first-order valence-corrected chi connectivity index (χ1v) is 10.5. The lowest BCUT2D eigenvalue weighted by atomic mass is 9.89. The van der Waals surface area contributed by atoms with Crippen LogP contribution in [0.1, 0.15) is 29.9 Å². The number of hydrogen-bond acceptors (Lipinski definition) is 4. The highest BCUT2D eigenvalue weighted by Crippen LogP contribution is 2.33. The Kier molecular flexibility index (Phi) is 6.29. The Morgan fingerprint density at radius 1 is 1.03 bits per heavy atom. The largest absolute Gasteiger partial charge is 0.367 e. The molecule has 0 saturated carbocycles. The first-order valence-electron chi connectivity index (χ1n) is 10.1. The molecule has 33 heavy (non-hydrogen) atoms. The molecule has 2 heterocycles. The Morgan fingerprint density at radius 3 is 2.33 bits per heavy atom. The van der Waals surface area contributed by atoms with Gasteiger partial charge in [-0.15, -0.1) is 0 Å². The predicted octanol–water partition coefficient (Wildman–Crippen LogP) is 2.96. The molecule has 0 spiro atoms. The van der Waals surface area contributed by atoms with Crippen LogP contribution < -0.4 is 15.5 Å². The molecule has 2 aromatic carbocycles. The number of rotatable bonds is 5. The fourth-order valence-electron chi connectivity index (χ4n) is 3.99. The van der Waals surface area contributed by atoms with Crippen LogP contribution >= 0.6 is 11.6 Å². The standard InChI is InChI=1S/C22H18ClF4N3O3/c23-14-3-10(15(24)7-16(14)25)4-20(32)28-11-8-30(9-11)12-5-17(26)21(18(27)6-12)13-1-2-19(31)29-22(13)33/h3,5-7,11,13H,1-2,4,8-9H2,(H,28,32)(H,29,31,33). The predicted molar refractivity (Wildman–Crippen MR) is 111 cm³/mol. The van der Waals surface area contributed by atoms with Crippen molar-refractivity contribution in [1.29, 1.82) is 0 Å². The molecule has 0 bridgehead atoms. The lowest BCUT2D eigenvalue weighted by Crippen LogP contribution is -2.59. The molecule has 3 amide bonds. The molecule has 0 aromatic heterocycles. The van der Waals surface area contributed by atoms with Crippen molar-refractivity contribution in [2.45, 2.75) is 31.2 Å². The Labute approximate surface area is 190 Å². The molecule has 174 valence electrons. The summed E-state index contributed by atoms with van der Waals surface area (Å²) in [4.78, 5) is 37.0. The van der Waals surface area contributed by atoms with E-state index in [4.69, 9.17) is 11.6 Å².